The summed E-state index contributed by atoms with van der Waals surface area (Å²) in [6.45, 7) is 0. The highest BCUT2D eigenvalue weighted by Gasteiger charge is 2.51. The molecular formula is C18H18FNO3. The number of benzene rings is 1. The standard InChI is InChI=1S/C18H18FNO3/c1-20-15(10-6-2-4-8-12(10)19)14-16(21)11-7-3-5-9-13(11)23-17(14)18(20)22/h2,4,6,8,11,13,15H,3,5,7,9H2,1H3. The van der Waals surface area contributed by atoms with Crippen LogP contribution >= 0.6 is 0 Å². The van der Waals surface area contributed by atoms with Crippen LogP contribution in [0.3, 0.4) is 0 Å². The summed E-state index contributed by atoms with van der Waals surface area (Å²) in [4.78, 5) is 26.9. The number of Topliss-reactive ketones (excluding diaryl/α,β-unsaturated/α-hetero) is 1. The van der Waals surface area contributed by atoms with Gasteiger partial charge in [0.15, 0.2) is 11.5 Å². The molecule has 4 rings (SSSR count). The van der Waals surface area contributed by atoms with E-state index in [-0.39, 0.29) is 29.5 Å². The predicted octanol–water partition coefficient (Wildman–Crippen LogP) is 2.75. The van der Waals surface area contributed by atoms with E-state index in [1.54, 1.807) is 25.2 Å². The molecule has 5 heteroatoms. The van der Waals surface area contributed by atoms with Crippen molar-refractivity contribution >= 4 is 11.7 Å². The van der Waals surface area contributed by atoms with Gasteiger partial charge in [-0.05, 0) is 25.3 Å². The van der Waals surface area contributed by atoms with Crippen LogP contribution in [0.2, 0.25) is 0 Å². The van der Waals surface area contributed by atoms with Crippen molar-refractivity contribution in [2.24, 2.45) is 5.92 Å². The van der Waals surface area contributed by atoms with Crippen molar-refractivity contribution in [2.75, 3.05) is 7.05 Å². The maximum Gasteiger partial charge on any atom is 0.289 e. The molecule has 0 saturated heterocycles. The summed E-state index contributed by atoms with van der Waals surface area (Å²) in [5, 5.41) is 0. The first-order valence-corrected chi connectivity index (χ1v) is 8.06. The van der Waals surface area contributed by atoms with Gasteiger partial charge in [-0.2, -0.15) is 0 Å². The molecule has 4 nitrogen and oxygen atoms in total. The van der Waals surface area contributed by atoms with Gasteiger partial charge >= 0.3 is 0 Å². The Labute approximate surface area is 133 Å². The number of likely N-dealkylation sites (N-methyl/N-ethyl adjacent to an activating group) is 1. The molecule has 0 spiro atoms. The van der Waals surface area contributed by atoms with Crippen molar-refractivity contribution in [1.29, 1.82) is 0 Å². The normalized spacial score (nSPS) is 30.2. The highest BCUT2D eigenvalue weighted by molar-refractivity contribution is 6.11. The Morgan fingerprint density at radius 2 is 1.91 bits per heavy atom. The molecule has 2 aliphatic heterocycles. The van der Waals surface area contributed by atoms with E-state index in [9.17, 15) is 14.0 Å². The summed E-state index contributed by atoms with van der Waals surface area (Å²) in [7, 11) is 1.60. The number of hydrogen-bond acceptors (Lipinski definition) is 3. The van der Waals surface area contributed by atoms with Crippen molar-refractivity contribution in [1.82, 2.24) is 4.90 Å². The number of amides is 1. The van der Waals surface area contributed by atoms with Crippen LogP contribution in [0.1, 0.15) is 37.3 Å². The highest BCUT2D eigenvalue weighted by atomic mass is 19.1. The molecule has 1 aromatic rings. The van der Waals surface area contributed by atoms with Crippen molar-refractivity contribution in [3.05, 3.63) is 47.0 Å². The van der Waals surface area contributed by atoms with Gasteiger partial charge in [-0.25, -0.2) is 4.39 Å². The van der Waals surface area contributed by atoms with Crippen molar-refractivity contribution < 1.29 is 18.7 Å². The van der Waals surface area contributed by atoms with Crippen LogP contribution in [0, 0.1) is 11.7 Å². The molecule has 0 aromatic heterocycles. The Morgan fingerprint density at radius 1 is 1.17 bits per heavy atom. The summed E-state index contributed by atoms with van der Waals surface area (Å²) < 4.78 is 20.2. The lowest BCUT2D eigenvalue weighted by molar-refractivity contribution is -0.134. The van der Waals surface area contributed by atoms with Gasteiger partial charge in [0.05, 0.1) is 17.5 Å². The minimum atomic E-state index is -0.686. The van der Waals surface area contributed by atoms with Gasteiger partial charge in [0.25, 0.3) is 5.91 Å². The molecule has 0 bridgehead atoms. The fourth-order valence-corrected chi connectivity index (χ4v) is 4.02. The number of ketones is 1. The second kappa shape index (κ2) is 5.18. The second-order valence-corrected chi connectivity index (χ2v) is 6.49. The molecular weight excluding hydrogens is 297 g/mol. The highest BCUT2D eigenvalue weighted by Crippen LogP contribution is 2.46. The summed E-state index contributed by atoms with van der Waals surface area (Å²) in [5.41, 5.74) is 0.685. The lowest BCUT2D eigenvalue weighted by Crippen LogP contribution is -2.39. The number of ether oxygens (including phenoxy) is 1. The summed E-state index contributed by atoms with van der Waals surface area (Å²) in [6.07, 6.45) is 3.38. The fourth-order valence-electron chi connectivity index (χ4n) is 4.02. The molecule has 120 valence electrons. The maximum atomic E-state index is 14.2. The van der Waals surface area contributed by atoms with Crippen LogP contribution in [0.5, 0.6) is 0 Å². The van der Waals surface area contributed by atoms with Crippen molar-refractivity contribution in [3.63, 3.8) is 0 Å². The molecule has 1 aliphatic carbocycles. The van der Waals surface area contributed by atoms with Gasteiger partial charge in [-0.3, -0.25) is 9.59 Å². The molecule has 1 fully saturated rings. The zero-order valence-electron chi connectivity index (χ0n) is 12.9. The van der Waals surface area contributed by atoms with Crippen molar-refractivity contribution in [2.45, 2.75) is 37.8 Å². The Kier molecular flexibility index (Phi) is 3.25. The summed E-state index contributed by atoms with van der Waals surface area (Å²) in [6, 6.07) is 5.60. The van der Waals surface area contributed by atoms with Gasteiger partial charge in [0.1, 0.15) is 11.9 Å². The minimum absolute atomic E-state index is 0.0399. The predicted molar refractivity (Wildman–Crippen MR) is 80.8 cm³/mol. The molecule has 1 aromatic carbocycles. The Bertz CT molecular complexity index is 727. The molecule has 1 saturated carbocycles. The molecule has 3 atom stereocenters. The van der Waals surface area contributed by atoms with E-state index < -0.39 is 11.9 Å². The lowest BCUT2D eigenvalue weighted by Gasteiger charge is -2.35. The maximum absolute atomic E-state index is 14.2. The van der Waals surface area contributed by atoms with Gasteiger partial charge in [0, 0.05) is 12.6 Å². The number of halogens is 1. The van der Waals surface area contributed by atoms with E-state index in [4.69, 9.17) is 4.74 Å². The zero-order chi connectivity index (χ0) is 16.1. The van der Waals surface area contributed by atoms with Crippen LogP contribution in [-0.2, 0) is 14.3 Å². The minimum Gasteiger partial charge on any atom is -0.483 e. The van der Waals surface area contributed by atoms with Gasteiger partial charge in [0.2, 0.25) is 0 Å². The largest absolute Gasteiger partial charge is 0.483 e. The third-order valence-corrected chi connectivity index (χ3v) is 5.19. The van der Waals surface area contributed by atoms with Crippen molar-refractivity contribution in [3.8, 4) is 0 Å². The lowest BCUT2D eigenvalue weighted by atomic mass is 9.77. The molecule has 2 heterocycles. The average molecular weight is 315 g/mol. The molecule has 3 unspecified atom stereocenters. The molecule has 0 N–H and O–H groups in total. The van der Waals surface area contributed by atoms with Crippen LogP contribution in [0.15, 0.2) is 35.6 Å². The smallest absolute Gasteiger partial charge is 0.289 e. The van der Waals surface area contributed by atoms with Crippen LogP contribution in [0.25, 0.3) is 0 Å². The molecule has 3 aliphatic rings. The summed E-state index contributed by atoms with van der Waals surface area (Å²) >= 11 is 0. The number of nitrogens with zero attached hydrogens (tertiary/aromatic N) is 1. The first-order valence-electron chi connectivity index (χ1n) is 8.06. The topological polar surface area (TPSA) is 46.6 Å². The first-order chi connectivity index (χ1) is 11.1. The first kappa shape index (κ1) is 14.4. The number of hydrogen-bond donors (Lipinski definition) is 0. The number of fused-ring (bicyclic) bond motifs is 1. The summed E-state index contributed by atoms with van der Waals surface area (Å²) in [5.74, 6) is -0.845. The van der Waals surface area contributed by atoms with E-state index in [1.807, 2.05) is 0 Å². The van der Waals surface area contributed by atoms with Crippen LogP contribution in [-0.4, -0.2) is 29.7 Å². The number of rotatable bonds is 1. The molecule has 1 amide bonds. The Hall–Kier alpha value is -2.17. The molecule has 23 heavy (non-hydrogen) atoms. The van der Waals surface area contributed by atoms with Crippen LogP contribution in [0.4, 0.5) is 4.39 Å². The van der Waals surface area contributed by atoms with E-state index in [2.05, 4.69) is 0 Å². The van der Waals surface area contributed by atoms with E-state index >= 15 is 0 Å². The fraction of sp³-hybridized carbons (Fsp3) is 0.444. The Balaban J connectivity index is 1.82. The Morgan fingerprint density at radius 3 is 2.70 bits per heavy atom. The van der Waals surface area contributed by atoms with Crippen LogP contribution < -0.4 is 0 Å². The zero-order valence-corrected chi connectivity index (χ0v) is 12.9. The number of carbonyl (C=O) groups is 2. The van der Waals surface area contributed by atoms with E-state index in [1.165, 1.54) is 11.0 Å². The van der Waals surface area contributed by atoms with Gasteiger partial charge in [-0.15, -0.1) is 0 Å². The van der Waals surface area contributed by atoms with E-state index in [0.717, 1.165) is 25.7 Å². The van der Waals surface area contributed by atoms with Gasteiger partial charge in [-0.1, -0.05) is 24.6 Å². The average Bonchev–Trinajstić information content (AvgIpc) is 2.81. The SMILES string of the molecule is CN1C(=O)C2=C(C(=O)C3CCCCC3O2)C1c1ccccc1F. The quantitative estimate of drug-likeness (QED) is 0.800. The van der Waals surface area contributed by atoms with E-state index in [0.29, 0.717) is 11.1 Å². The molecule has 0 radical (unpaired) electrons. The third kappa shape index (κ3) is 2.02. The van der Waals surface area contributed by atoms with Gasteiger partial charge < -0.3 is 9.64 Å². The third-order valence-electron chi connectivity index (χ3n) is 5.19. The second-order valence-electron chi connectivity index (χ2n) is 6.49. The monoisotopic (exact) mass is 315 g/mol. The number of carbonyl (C=O) groups excluding carboxylic acids is 2.